The summed E-state index contributed by atoms with van der Waals surface area (Å²) in [4.78, 5) is 15.3. The van der Waals surface area contributed by atoms with E-state index in [2.05, 4.69) is 12.2 Å². The van der Waals surface area contributed by atoms with Crippen molar-refractivity contribution in [2.45, 2.75) is 19.9 Å². The molecule has 1 aromatic carbocycles. The van der Waals surface area contributed by atoms with E-state index in [0.29, 0.717) is 6.04 Å². The van der Waals surface area contributed by atoms with Crippen LogP contribution in [0.3, 0.4) is 0 Å². The Morgan fingerprint density at radius 3 is 2.95 bits per heavy atom. The van der Waals surface area contributed by atoms with Crippen LogP contribution in [0.15, 0.2) is 18.2 Å². The van der Waals surface area contributed by atoms with Crippen molar-refractivity contribution in [2.75, 3.05) is 19.6 Å². The molecule has 1 N–H and O–H groups in total. The Morgan fingerprint density at radius 2 is 2.24 bits per heavy atom. The Balaban J connectivity index is 0.00000161. The molecule has 1 aliphatic rings. The molecule has 0 bridgehead atoms. The lowest BCUT2D eigenvalue weighted by Gasteiger charge is -2.31. The van der Waals surface area contributed by atoms with Crippen molar-refractivity contribution in [3.63, 3.8) is 0 Å². The fourth-order valence-electron chi connectivity index (χ4n) is 2.66. The number of fused-ring (bicyclic) bond motifs is 1. The van der Waals surface area contributed by atoms with E-state index in [1.54, 1.807) is 6.07 Å². The molecule has 3 nitrogen and oxygen atoms in total. The van der Waals surface area contributed by atoms with Crippen LogP contribution in [0.4, 0.5) is 4.39 Å². The van der Waals surface area contributed by atoms with Gasteiger partial charge in [0.15, 0.2) is 0 Å². The Morgan fingerprint density at radius 1 is 1.48 bits per heavy atom. The van der Waals surface area contributed by atoms with Gasteiger partial charge in [0.05, 0.1) is 4.88 Å². The molecule has 0 aliphatic carbocycles. The highest BCUT2D eigenvalue weighted by Gasteiger charge is 2.25. The number of rotatable bonds is 1. The highest BCUT2D eigenvalue weighted by atomic mass is 35.5. The van der Waals surface area contributed by atoms with E-state index < -0.39 is 0 Å². The van der Waals surface area contributed by atoms with Gasteiger partial charge >= 0.3 is 0 Å². The number of nitrogens with zero attached hydrogens (tertiary/aromatic N) is 1. The van der Waals surface area contributed by atoms with Gasteiger partial charge in [-0.2, -0.15) is 0 Å². The van der Waals surface area contributed by atoms with Gasteiger partial charge in [-0.05, 0) is 43.0 Å². The zero-order valence-electron chi connectivity index (χ0n) is 12.0. The lowest BCUT2D eigenvalue weighted by atomic mass is 10.1. The maximum atomic E-state index is 13.3. The Kier molecular flexibility index (Phi) is 4.86. The summed E-state index contributed by atoms with van der Waals surface area (Å²) in [6, 6.07) is 5.02. The summed E-state index contributed by atoms with van der Waals surface area (Å²) >= 11 is 1.46. The normalized spacial score (nSPS) is 18.6. The number of carbonyl (C=O) groups is 1. The largest absolute Gasteiger partial charge is 0.335 e. The lowest BCUT2D eigenvalue weighted by Crippen LogP contribution is -2.51. The molecule has 0 saturated carbocycles. The molecule has 0 spiro atoms. The predicted octanol–water partition coefficient (Wildman–Crippen LogP) is 3.20. The average Bonchev–Trinajstić information content (AvgIpc) is 2.75. The fraction of sp³-hybridized carbons (Fsp3) is 0.400. The van der Waals surface area contributed by atoms with Gasteiger partial charge in [0.1, 0.15) is 5.82 Å². The van der Waals surface area contributed by atoms with E-state index in [0.717, 1.165) is 40.2 Å². The molecule has 1 unspecified atom stereocenters. The number of aryl methyl sites for hydroxylation is 1. The molecule has 3 rings (SSSR count). The van der Waals surface area contributed by atoms with Crippen LogP contribution in [0.2, 0.25) is 0 Å². The number of hydrogen-bond acceptors (Lipinski definition) is 3. The third-order valence-electron chi connectivity index (χ3n) is 3.75. The monoisotopic (exact) mass is 328 g/mol. The topological polar surface area (TPSA) is 32.3 Å². The van der Waals surface area contributed by atoms with Crippen molar-refractivity contribution in [1.29, 1.82) is 0 Å². The van der Waals surface area contributed by atoms with Crippen molar-refractivity contribution in [3.8, 4) is 0 Å². The van der Waals surface area contributed by atoms with Crippen LogP contribution in [0, 0.1) is 12.7 Å². The van der Waals surface area contributed by atoms with E-state index >= 15 is 0 Å². The second-order valence-corrected chi connectivity index (χ2v) is 6.36. The van der Waals surface area contributed by atoms with Crippen molar-refractivity contribution in [3.05, 3.63) is 34.5 Å². The Labute approximate surface area is 133 Å². The van der Waals surface area contributed by atoms with Gasteiger partial charge in [0, 0.05) is 30.4 Å². The third kappa shape index (κ3) is 3.05. The zero-order valence-corrected chi connectivity index (χ0v) is 13.6. The van der Waals surface area contributed by atoms with Crippen LogP contribution >= 0.6 is 23.7 Å². The second-order valence-electron chi connectivity index (χ2n) is 5.30. The molecule has 2 heterocycles. The molecule has 1 aromatic heterocycles. The summed E-state index contributed by atoms with van der Waals surface area (Å²) in [5, 5.41) is 4.18. The van der Waals surface area contributed by atoms with Gasteiger partial charge in [-0.15, -0.1) is 23.7 Å². The van der Waals surface area contributed by atoms with Crippen LogP contribution in [0.1, 0.15) is 22.2 Å². The molecule has 1 atom stereocenters. The zero-order chi connectivity index (χ0) is 14.3. The molecule has 114 valence electrons. The summed E-state index contributed by atoms with van der Waals surface area (Å²) < 4.78 is 14.3. The number of carbonyl (C=O) groups excluding carboxylic acids is 1. The molecule has 1 fully saturated rings. The molecular formula is C15H18ClFN2OS. The Hall–Kier alpha value is -1.17. The maximum absolute atomic E-state index is 13.3. The number of benzene rings is 1. The van der Waals surface area contributed by atoms with Gasteiger partial charge in [0.25, 0.3) is 5.91 Å². The Bertz CT molecular complexity index is 673. The number of amides is 1. The predicted molar refractivity (Wildman–Crippen MR) is 87.1 cm³/mol. The summed E-state index contributed by atoms with van der Waals surface area (Å²) in [6.45, 7) is 6.25. The smallest absolute Gasteiger partial charge is 0.264 e. The molecule has 1 amide bonds. The standard InChI is InChI=1S/C15H17FN2OS.ClH/c1-9-8-18(6-5-17-9)15(19)14-10(2)12-7-11(16)3-4-13(12)20-14;/h3-4,7,9,17H,5-6,8H2,1-2H3;1H. The number of piperazine rings is 1. The first-order valence-electron chi connectivity index (χ1n) is 6.77. The van der Waals surface area contributed by atoms with Crippen LogP contribution < -0.4 is 5.32 Å². The minimum absolute atomic E-state index is 0. The lowest BCUT2D eigenvalue weighted by molar-refractivity contribution is 0.0713. The molecule has 21 heavy (non-hydrogen) atoms. The number of thiophene rings is 1. The highest BCUT2D eigenvalue weighted by Crippen LogP contribution is 2.32. The summed E-state index contributed by atoms with van der Waals surface area (Å²) in [5.41, 5.74) is 0.890. The van der Waals surface area contributed by atoms with Crippen molar-refractivity contribution in [2.24, 2.45) is 0 Å². The number of halogens is 2. The number of hydrogen-bond donors (Lipinski definition) is 1. The van der Waals surface area contributed by atoms with Crippen LogP contribution in [0.5, 0.6) is 0 Å². The van der Waals surface area contributed by atoms with Crippen molar-refractivity contribution in [1.82, 2.24) is 10.2 Å². The first kappa shape index (κ1) is 16.2. The molecule has 0 radical (unpaired) electrons. The van der Waals surface area contributed by atoms with Gasteiger partial charge in [-0.1, -0.05) is 0 Å². The van der Waals surface area contributed by atoms with E-state index in [1.807, 2.05) is 11.8 Å². The minimum Gasteiger partial charge on any atom is -0.335 e. The van der Waals surface area contributed by atoms with Gasteiger partial charge in [-0.25, -0.2) is 4.39 Å². The second kappa shape index (κ2) is 6.30. The summed E-state index contributed by atoms with van der Waals surface area (Å²) in [7, 11) is 0. The van der Waals surface area contributed by atoms with Crippen LogP contribution in [0.25, 0.3) is 10.1 Å². The van der Waals surface area contributed by atoms with E-state index in [-0.39, 0.29) is 24.1 Å². The summed E-state index contributed by atoms with van der Waals surface area (Å²) in [5.74, 6) is -0.189. The van der Waals surface area contributed by atoms with Gasteiger partial charge in [-0.3, -0.25) is 4.79 Å². The first-order chi connectivity index (χ1) is 9.56. The van der Waals surface area contributed by atoms with Crippen LogP contribution in [-0.2, 0) is 0 Å². The average molecular weight is 329 g/mol. The SMILES string of the molecule is Cc1c(C(=O)N2CCNC(C)C2)sc2ccc(F)cc12.Cl. The van der Waals surface area contributed by atoms with Crippen LogP contribution in [-0.4, -0.2) is 36.5 Å². The highest BCUT2D eigenvalue weighted by molar-refractivity contribution is 7.21. The molecular weight excluding hydrogens is 311 g/mol. The fourth-order valence-corrected chi connectivity index (χ4v) is 3.81. The van der Waals surface area contributed by atoms with E-state index in [9.17, 15) is 9.18 Å². The van der Waals surface area contributed by atoms with Gasteiger partial charge in [0.2, 0.25) is 0 Å². The van der Waals surface area contributed by atoms with Crippen molar-refractivity contribution < 1.29 is 9.18 Å². The minimum atomic E-state index is -0.256. The third-order valence-corrected chi connectivity index (χ3v) is 5.01. The number of nitrogens with one attached hydrogen (secondary N) is 1. The molecule has 2 aromatic rings. The van der Waals surface area contributed by atoms with E-state index in [1.165, 1.54) is 23.5 Å². The first-order valence-corrected chi connectivity index (χ1v) is 7.59. The molecule has 1 saturated heterocycles. The molecule has 1 aliphatic heterocycles. The molecule has 6 heteroatoms. The van der Waals surface area contributed by atoms with Crippen molar-refractivity contribution >= 4 is 39.7 Å². The van der Waals surface area contributed by atoms with Gasteiger partial charge < -0.3 is 10.2 Å². The maximum Gasteiger partial charge on any atom is 0.264 e. The quantitative estimate of drug-likeness (QED) is 0.872. The summed E-state index contributed by atoms with van der Waals surface area (Å²) in [6.07, 6.45) is 0. The van der Waals surface area contributed by atoms with E-state index in [4.69, 9.17) is 0 Å².